The van der Waals surface area contributed by atoms with Crippen molar-refractivity contribution in [3.63, 3.8) is 0 Å². The van der Waals surface area contributed by atoms with Crippen LogP contribution in [0.15, 0.2) is 28.7 Å². The molecule has 2 aliphatic carbocycles. The maximum absolute atomic E-state index is 5.06. The number of rotatable bonds is 8. The van der Waals surface area contributed by atoms with Gasteiger partial charge in [-0.1, -0.05) is 13.8 Å². The third kappa shape index (κ3) is 5.63. The lowest BCUT2D eigenvalue weighted by Crippen LogP contribution is -2.41. The van der Waals surface area contributed by atoms with Gasteiger partial charge in [0, 0.05) is 37.0 Å². The lowest BCUT2D eigenvalue weighted by molar-refractivity contribution is 0.496. The van der Waals surface area contributed by atoms with E-state index in [1.54, 1.807) is 6.33 Å². The summed E-state index contributed by atoms with van der Waals surface area (Å²) in [5.74, 6) is 9.85. The standard InChI is InChI=1S/C19H26N8.C18H24N8/c1-5-14-18-24-23-12(4)27(18)15-10-21-19(22-17(15)26(14)11(2)3)25-9-8-20-16(25)13-6-7-13;1-4-13-17-23-21-10-25(17)14-9-20-18(22-16(14)26(13)11(2)3)24-8-7-19-15(24)12-5-6-12/h10-11,13-14H,5-9H2,1-4H3;9-13H,4-8H2,1-3H3/t14-;13-/m11/s1. The maximum atomic E-state index is 5.06. The van der Waals surface area contributed by atoms with Gasteiger partial charge in [0.05, 0.1) is 37.6 Å². The van der Waals surface area contributed by atoms with Gasteiger partial charge in [-0.2, -0.15) is 9.97 Å². The van der Waals surface area contributed by atoms with Crippen molar-refractivity contribution >= 4 is 35.2 Å². The summed E-state index contributed by atoms with van der Waals surface area (Å²) in [5.41, 5.74) is 1.93. The Labute approximate surface area is 310 Å². The molecule has 2 fully saturated rings. The molecular formula is C37H50N16. The molecule has 0 bridgehead atoms. The number of aliphatic imine (C=N–C) groups is 2. The first kappa shape index (κ1) is 33.8. The molecule has 16 heteroatoms. The average molecular weight is 719 g/mol. The van der Waals surface area contributed by atoms with Crippen LogP contribution in [0, 0.1) is 18.8 Å². The molecule has 10 rings (SSSR count). The highest BCUT2D eigenvalue weighted by molar-refractivity contribution is 6.01. The summed E-state index contributed by atoms with van der Waals surface area (Å²) in [6.07, 6.45) is 12.5. The zero-order valence-corrected chi connectivity index (χ0v) is 31.9. The molecule has 4 aromatic heterocycles. The summed E-state index contributed by atoms with van der Waals surface area (Å²) in [5, 5.41) is 17.3. The number of aryl methyl sites for hydroxylation is 1. The largest absolute Gasteiger partial charge is 0.342 e. The summed E-state index contributed by atoms with van der Waals surface area (Å²) in [6, 6.07) is 0.943. The Morgan fingerprint density at radius 3 is 1.74 bits per heavy atom. The number of anilines is 4. The molecule has 0 spiro atoms. The van der Waals surface area contributed by atoms with Crippen molar-refractivity contribution in [1.82, 2.24) is 49.5 Å². The van der Waals surface area contributed by atoms with Gasteiger partial charge < -0.3 is 9.80 Å². The fraction of sp³-hybridized carbons (Fsp3) is 0.622. The van der Waals surface area contributed by atoms with Gasteiger partial charge in [0.25, 0.3) is 0 Å². The van der Waals surface area contributed by atoms with E-state index in [-0.39, 0.29) is 12.1 Å². The molecule has 0 amide bonds. The van der Waals surface area contributed by atoms with Crippen LogP contribution in [0.3, 0.4) is 0 Å². The van der Waals surface area contributed by atoms with Gasteiger partial charge in [0.2, 0.25) is 11.9 Å². The van der Waals surface area contributed by atoms with Gasteiger partial charge in [-0.25, -0.2) is 9.97 Å². The third-order valence-corrected chi connectivity index (χ3v) is 11.2. The van der Waals surface area contributed by atoms with E-state index in [4.69, 9.17) is 24.9 Å². The van der Waals surface area contributed by atoms with Crippen LogP contribution in [0.5, 0.6) is 0 Å². The lowest BCUT2D eigenvalue weighted by atomic mass is 10.1. The first-order valence-corrected chi connectivity index (χ1v) is 19.6. The van der Waals surface area contributed by atoms with Crippen LogP contribution in [0.25, 0.3) is 11.4 Å². The summed E-state index contributed by atoms with van der Waals surface area (Å²) >= 11 is 0. The summed E-state index contributed by atoms with van der Waals surface area (Å²) in [7, 11) is 0. The van der Waals surface area contributed by atoms with E-state index in [2.05, 4.69) is 91.1 Å². The minimum absolute atomic E-state index is 0.164. The second kappa shape index (κ2) is 13.1. The van der Waals surface area contributed by atoms with Gasteiger partial charge >= 0.3 is 0 Å². The highest BCUT2D eigenvalue weighted by atomic mass is 15.4. The average Bonchev–Trinajstić information content (AvgIpc) is 3.94. The van der Waals surface area contributed by atoms with E-state index in [1.807, 2.05) is 23.9 Å². The molecule has 4 aliphatic heterocycles. The van der Waals surface area contributed by atoms with Crippen LogP contribution in [0.2, 0.25) is 0 Å². The molecule has 278 valence electrons. The van der Waals surface area contributed by atoms with Crippen LogP contribution in [-0.2, 0) is 0 Å². The summed E-state index contributed by atoms with van der Waals surface area (Å²) in [6.45, 7) is 18.6. The molecule has 0 aromatic carbocycles. The Balaban J connectivity index is 0.000000141. The molecule has 0 saturated heterocycles. The Kier molecular flexibility index (Phi) is 8.37. The first-order chi connectivity index (χ1) is 25.8. The molecule has 0 unspecified atom stereocenters. The van der Waals surface area contributed by atoms with Crippen molar-refractivity contribution in [2.24, 2.45) is 21.8 Å². The SMILES string of the molecule is CC[C@@H]1c2nnc(C)n2-c2cnc(N3CCN=C3C3CC3)nc2N1C(C)C.CC[C@@H]1c2nncn2-c2cnc(N3CCN=C3C3CC3)nc2N1C(C)C. The quantitative estimate of drug-likeness (QED) is 0.240. The number of hydrogen-bond acceptors (Lipinski definition) is 14. The van der Waals surface area contributed by atoms with Crippen LogP contribution >= 0.6 is 0 Å². The van der Waals surface area contributed by atoms with Crippen LogP contribution in [0.4, 0.5) is 23.5 Å². The molecule has 2 atom stereocenters. The molecular weight excluding hydrogens is 669 g/mol. The smallest absolute Gasteiger partial charge is 0.232 e. The molecule has 2 saturated carbocycles. The van der Waals surface area contributed by atoms with Crippen molar-refractivity contribution in [3.05, 3.63) is 36.2 Å². The zero-order chi connectivity index (χ0) is 36.5. The van der Waals surface area contributed by atoms with Gasteiger partial charge in [-0.05, 0) is 73.1 Å². The van der Waals surface area contributed by atoms with Gasteiger partial charge in [-0.15, -0.1) is 20.4 Å². The predicted molar refractivity (Wildman–Crippen MR) is 205 cm³/mol. The Morgan fingerprint density at radius 2 is 1.21 bits per heavy atom. The molecule has 0 radical (unpaired) electrons. The van der Waals surface area contributed by atoms with Crippen LogP contribution in [-0.4, -0.2) is 99.4 Å². The van der Waals surface area contributed by atoms with E-state index < -0.39 is 0 Å². The van der Waals surface area contributed by atoms with Crippen molar-refractivity contribution in [3.8, 4) is 11.4 Å². The van der Waals surface area contributed by atoms with E-state index >= 15 is 0 Å². The van der Waals surface area contributed by atoms with Crippen LogP contribution in [0.1, 0.15) is 110 Å². The van der Waals surface area contributed by atoms with Crippen molar-refractivity contribution in [1.29, 1.82) is 0 Å². The minimum Gasteiger partial charge on any atom is -0.342 e. The molecule has 53 heavy (non-hydrogen) atoms. The Hall–Kier alpha value is -5.02. The highest BCUT2D eigenvalue weighted by Gasteiger charge is 2.40. The minimum atomic E-state index is 0.164. The summed E-state index contributed by atoms with van der Waals surface area (Å²) < 4.78 is 4.15. The maximum Gasteiger partial charge on any atom is 0.232 e. The van der Waals surface area contributed by atoms with Gasteiger partial charge in [-0.3, -0.25) is 28.9 Å². The topological polar surface area (TPSA) is 151 Å². The monoisotopic (exact) mass is 718 g/mol. The fourth-order valence-electron chi connectivity index (χ4n) is 8.46. The van der Waals surface area contributed by atoms with E-state index in [1.165, 1.54) is 37.4 Å². The van der Waals surface area contributed by atoms with Crippen molar-refractivity contribution in [2.45, 2.75) is 111 Å². The predicted octanol–water partition coefficient (Wildman–Crippen LogP) is 5.04. The Morgan fingerprint density at radius 1 is 0.679 bits per heavy atom. The molecule has 6 aliphatic rings. The van der Waals surface area contributed by atoms with Crippen molar-refractivity contribution < 1.29 is 0 Å². The molecule has 4 aromatic rings. The number of amidine groups is 2. The van der Waals surface area contributed by atoms with E-state index in [9.17, 15) is 0 Å². The molecule has 8 heterocycles. The first-order valence-electron chi connectivity index (χ1n) is 19.6. The normalized spacial score (nSPS) is 21.7. The molecule has 0 N–H and O–H groups in total. The second-order valence-electron chi connectivity index (χ2n) is 15.4. The van der Waals surface area contributed by atoms with E-state index in [0.29, 0.717) is 23.9 Å². The fourth-order valence-corrected chi connectivity index (χ4v) is 8.46. The van der Waals surface area contributed by atoms with Gasteiger partial charge in [0.15, 0.2) is 23.3 Å². The highest BCUT2D eigenvalue weighted by Crippen LogP contribution is 2.43. The van der Waals surface area contributed by atoms with Gasteiger partial charge in [0.1, 0.15) is 35.2 Å². The lowest BCUT2D eigenvalue weighted by Gasteiger charge is -2.40. The van der Waals surface area contributed by atoms with Crippen molar-refractivity contribution in [2.75, 3.05) is 45.8 Å². The Bertz CT molecular complexity index is 2070. The van der Waals surface area contributed by atoms with E-state index in [0.717, 1.165) is 91.4 Å². The summed E-state index contributed by atoms with van der Waals surface area (Å²) in [4.78, 5) is 38.1. The van der Waals surface area contributed by atoms with Crippen LogP contribution < -0.4 is 19.6 Å². The molecule has 16 nitrogen and oxygen atoms in total. The number of fused-ring (bicyclic) bond motifs is 6. The third-order valence-electron chi connectivity index (χ3n) is 11.2. The zero-order valence-electron chi connectivity index (χ0n) is 31.9. The number of nitrogens with zero attached hydrogens (tertiary/aromatic N) is 16. The second-order valence-corrected chi connectivity index (χ2v) is 15.4. The number of hydrogen-bond donors (Lipinski definition) is 0. The number of aromatic nitrogens is 10.